The van der Waals surface area contributed by atoms with Crippen LogP contribution in [0.1, 0.15) is 5.56 Å². The number of halogens is 1. The van der Waals surface area contributed by atoms with Crippen LogP contribution in [0, 0.1) is 0 Å². The van der Waals surface area contributed by atoms with Crippen molar-refractivity contribution in [2.45, 2.75) is 37.3 Å². The van der Waals surface area contributed by atoms with E-state index in [0.717, 1.165) is 10.0 Å². The van der Waals surface area contributed by atoms with E-state index in [0.29, 0.717) is 0 Å². The summed E-state index contributed by atoms with van der Waals surface area (Å²) in [6.45, 7) is -0.293. The first kappa shape index (κ1) is 15.8. The molecule has 1 aromatic carbocycles. The molecule has 0 spiro atoms. The molecular formula is C13H17BrO6. The fourth-order valence-electron chi connectivity index (χ4n) is 1.96. The molecule has 5 unspecified atom stereocenters. The second kappa shape index (κ2) is 6.95. The third-order valence-electron chi connectivity index (χ3n) is 3.18. The van der Waals surface area contributed by atoms with Gasteiger partial charge in [-0.3, -0.25) is 0 Å². The molecule has 0 amide bonds. The molecule has 6 nitrogen and oxygen atoms in total. The van der Waals surface area contributed by atoms with Crippen LogP contribution in [0.25, 0.3) is 0 Å². The van der Waals surface area contributed by atoms with Gasteiger partial charge < -0.3 is 29.9 Å². The van der Waals surface area contributed by atoms with Crippen molar-refractivity contribution in [1.82, 2.24) is 0 Å². The zero-order chi connectivity index (χ0) is 14.7. The summed E-state index contributed by atoms with van der Waals surface area (Å²) in [5.74, 6) is 0. The highest BCUT2D eigenvalue weighted by molar-refractivity contribution is 9.10. The molecule has 5 atom stereocenters. The van der Waals surface area contributed by atoms with E-state index in [1.165, 1.54) is 0 Å². The van der Waals surface area contributed by atoms with Gasteiger partial charge in [0.05, 0.1) is 13.2 Å². The number of benzene rings is 1. The molecule has 1 aliphatic rings. The highest BCUT2D eigenvalue weighted by Crippen LogP contribution is 2.23. The predicted molar refractivity (Wildman–Crippen MR) is 72.7 cm³/mol. The molecule has 1 fully saturated rings. The lowest BCUT2D eigenvalue weighted by Gasteiger charge is -2.39. The van der Waals surface area contributed by atoms with Crippen LogP contribution in [-0.2, 0) is 16.1 Å². The Morgan fingerprint density at radius 2 is 1.70 bits per heavy atom. The molecule has 1 saturated heterocycles. The smallest absolute Gasteiger partial charge is 0.187 e. The lowest BCUT2D eigenvalue weighted by Crippen LogP contribution is -2.59. The standard InChI is InChI=1S/C13H17BrO6/c14-8-3-1-7(2-4-8)6-19-13-12(18)11(17)10(16)9(5-15)20-13/h1-4,9-13,15-18H,5-6H2. The molecule has 7 heteroatoms. The monoisotopic (exact) mass is 348 g/mol. The maximum atomic E-state index is 9.79. The lowest BCUT2D eigenvalue weighted by molar-refractivity contribution is -0.304. The van der Waals surface area contributed by atoms with Crippen molar-refractivity contribution in [2.75, 3.05) is 6.61 Å². The van der Waals surface area contributed by atoms with Gasteiger partial charge in [0.25, 0.3) is 0 Å². The predicted octanol–water partition coefficient (Wildman–Crippen LogP) is -0.234. The Morgan fingerprint density at radius 1 is 1.05 bits per heavy atom. The van der Waals surface area contributed by atoms with Crippen LogP contribution in [0.5, 0.6) is 0 Å². The third kappa shape index (κ3) is 3.56. The third-order valence-corrected chi connectivity index (χ3v) is 3.70. The molecule has 20 heavy (non-hydrogen) atoms. The van der Waals surface area contributed by atoms with E-state index in [2.05, 4.69) is 15.9 Å². The lowest BCUT2D eigenvalue weighted by atomic mass is 9.99. The number of hydrogen-bond acceptors (Lipinski definition) is 6. The van der Waals surface area contributed by atoms with E-state index in [9.17, 15) is 15.3 Å². The summed E-state index contributed by atoms with van der Waals surface area (Å²) in [6, 6.07) is 7.39. The van der Waals surface area contributed by atoms with Gasteiger partial charge in [0.1, 0.15) is 24.4 Å². The summed E-state index contributed by atoms with van der Waals surface area (Å²) in [7, 11) is 0. The fourth-order valence-corrected chi connectivity index (χ4v) is 2.23. The Morgan fingerprint density at radius 3 is 2.30 bits per heavy atom. The Kier molecular flexibility index (Phi) is 5.50. The highest BCUT2D eigenvalue weighted by atomic mass is 79.9. The summed E-state index contributed by atoms with van der Waals surface area (Å²) in [5.41, 5.74) is 0.866. The van der Waals surface area contributed by atoms with Crippen LogP contribution < -0.4 is 0 Å². The van der Waals surface area contributed by atoms with Crippen LogP contribution in [0.15, 0.2) is 28.7 Å². The van der Waals surface area contributed by atoms with Crippen molar-refractivity contribution in [1.29, 1.82) is 0 Å². The molecule has 0 bridgehead atoms. The van der Waals surface area contributed by atoms with Gasteiger partial charge in [0, 0.05) is 4.47 Å². The summed E-state index contributed by atoms with van der Waals surface area (Å²) in [4.78, 5) is 0. The topological polar surface area (TPSA) is 99.4 Å². The second-order valence-electron chi connectivity index (χ2n) is 4.63. The largest absolute Gasteiger partial charge is 0.394 e. The van der Waals surface area contributed by atoms with Gasteiger partial charge >= 0.3 is 0 Å². The van der Waals surface area contributed by atoms with Crippen molar-refractivity contribution < 1.29 is 29.9 Å². The first-order chi connectivity index (χ1) is 9.52. The SMILES string of the molecule is OCC1OC(OCc2ccc(Br)cc2)C(O)C(O)C1O. The average molecular weight is 349 g/mol. The maximum absolute atomic E-state index is 9.79. The summed E-state index contributed by atoms with van der Waals surface area (Å²) in [6.07, 6.45) is -6.22. The quantitative estimate of drug-likeness (QED) is 0.599. The first-order valence-corrected chi connectivity index (χ1v) is 6.99. The molecule has 0 aliphatic carbocycles. The molecule has 1 aliphatic heterocycles. The zero-order valence-electron chi connectivity index (χ0n) is 10.6. The van der Waals surface area contributed by atoms with Gasteiger partial charge in [-0.15, -0.1) is 0 Å². The molecule has 0 saturated carbocycles. The number of ether oxygens (including phenoxy) is 2. The zero-order valence-corrected chi connectivity index (χ0v) is 12.2. The minimum Gasteiger partial charge on any atom is -0.394 e. The maximum Gasteiger partial charge on any atom is 0.187 e. The van der Waals surface area contributed by atoms with Crippen molar-refractivity contribution in [3.63, 3.8) is 0 Å². The summed E-state index contributed by atoms with van der Waals surface area (Å²) < 4.78 is 11.6. The van der Waals surface area contributed by atoms with E-state index in [1.807, 2.05) is 24.3 Å². The van der Waals surface area contributed by atoms with E-state index < -0.39 is 37.3 Å². The number of aliphatic hydroxyl groups is 4. The molecule has 112 valence electrons. The van der Waals surface area contributed by atoms with Gasteiger partial charge in [0.2, 0.25) is 0 Å². The Labute approximate surface area is 124 Å². The van der Waals surface area contributed by atoms with E-state index in [-0.39, 0.29) is 6.61 Å². The number of rotatable bonds is 4. The van der Waals surface area contributed by atoms with Crippen LogP contribution in [0.3, 0.4) is 0 Å². The number of hydrogen-bond donors (Lipinski definition) is 4. The van der Waals surface area contributed by atoms with Crippen LogP contribution in [0.2, 0.25) is 0 Å². The average Bonchev–Trinajstić information content (AvgIpc) is 2.46. The molecule has 0 aromatic heterocycles. The first-order valence-electron chi connectivity index (χ1n) is 6.19. The van der Waals surface area contributed by atoms with Gasteiger partial charge in [-0.25, -0.2) is 0 Å². The van der Waals surface area contributed by atoms with Crippen molar-refractivity contribution in [3.05, 3.63) is 34.3 Å². The van der Waals surface area contributed by atoms with Gasteiger partial charge in [-0.2, -0.15) is 0 Å². The van der Waals surface area contributed by atoms with Crippen LogP contribution in [0.4, 0.5) is 0 Å². The minimum absolute atomic E-state index is 0.177. The Bertz CT molecular complexity index is 423. The summed E-state index contributed by atoms with van der Waals surface area (Å²) >= 11 is 3.32. The molecular weight excluding hydrogens is 332 g/mol. The van der Waals surface area contributed by atoms with Crippen molar-refractivity contribution in [3.8, 4) is 0 Å². The van der Waals surface area contributed by atoms with Gasteiger partial charge in [-0.05, 0) is 17.7 Å². The van der Waals surface area contributed by atoms with E-state index in [4.69, 9.17) is 14.6 Å². The normalized spacial score (nSPS) is 34.1. The molecule has 0 radical (unpaired) electrons. The Balaban J connectivity index is 1.95. The molecule has 4 N–H and O–H groups in total. The molecule has 1 aromatic rings. The molecule has 1 heterocycles. The molecule has 2 rings (SSSR count). The van der Waals surface area contributed by atoms with Crippen molar-refractivity contribution >= 4 is 15.9 Å². The second-order valence-corrected chi connectivity index (χ2v) is 5.55. The van der Waals surface area contributed by atoms with Gasteiger partial charge in [-0.1, -0.05) is 28.1 Å². The summed E-state index contributed by atoms with van der Waals surface area (Å²) in [5, 5.41) is 38.1. The van der Waals surface area contributed by atoms with E-state index >= 15 is 0 Å². The number of aliphatic hydroxyl groups excluding tert-OH is 4. The minimum atomic E-state index is -1.42. The fraction of sp³-hybridized carbons (Fsp3) is 0.538. The van der Waals surface area contributed by atoms with Crippen LogP contribution in [-0.4, -0.2) is 57.7 Å². The van der Waals surface area contributed by atoms with E-state index in [1.54, 1.807) is 0 Å². The van der Waals surface area contributed by atoms with Crippen LogP contribution >= 0.6 is 15.9 Å². The Hall–Kier alpha value is -0.540. The van der Waals surface area contributed by atoms with Crippen molar-refractivity contribution in [2.24, 2.45) is 0 Å². The van der Waals surface area contributed by atoms with Gasteiger partial charge in [0.15, 0.2) is 6.29 Å². The highest BCUT2D eigenvalue weighted by Gasteiger charge is 2.43.